The Morgan fingerprint density at radius 1 is 1.06 bits per heavy atom. The summed E-state index contributed by atoms with van der Waals surface area (Å²) in [5.74, 6) is -0.564. The van der Waals surface area contributed by atoms with Crippen molar-refractivity contribution in [2.24, 2.45) is 0 Å². The molecule has 1 N–H and O–H groups in total. The van der Waals surface area contributed by atoms with E-state index in [-0.39, 0.29) is 22.5 Å². The highest BCUT2D eigenvalue weighted by Gasteiger charge is 2.38. The average Bonchev–Trinajstić information content (AvgIpc) is 3.14. The van der Waals surface area contributed by atoms with Gasteiger partial charge in [0.2, 0.25) is 5.91 Å². The van der Waals surface area contributed by atoms with E-state index in [4.69, 9.17) is 0 Å². The molecule has 2 fully saturated rings. The van der Waals surface area contributed by atoms with Crippen LogP contribution in [0.5, 0.6) is 0 Å². The van der Waals surface area contributed by atoms with Gasteiger partial charge in [0.05, 0.1) is 23.0 Å². The lowest BCUT2D eigenvalue weighted by Crippen LogP contribution is -2.47. The Labute approximate surface area is 193 Å². The van der Waals surface area contributed by atoms with Gasteiger partial charge >= 0.3 is 6.18 Å². The summed E-state index contributed by atoms with van der Waals surface area (Å²) < 4.78 is 75.6. The summed E-state index contributed by atoms with van der Waals surface area (Å²) in [5, 5.41) is 2.88. The van der Waals surface area contributed by atoms with Crippen LogP contribution in [0.2, 0.25) is 0 Å². The molecule has 8 nitrogen and oxygen atoms in total. The van der Waals surface area contributed by atoms with Crippen molar-refractivity contribution in [1.29, 1.82) is 0 Å². The van der Waals surface area contributed by atoms with Gasteiger partial charge in [0.15, 0.2) is 15.5 Å². The molecule has 1 aromatic heterocycles. The first-order valence-electron chi connectivity index (χ1n) is 10.6. The second-order valence-electron chi connectivity index (χ2n) is 8.41. The Hall–Kier alpha value is -2.96. The Morgan fingerprint density at radius 2 is 1.76 bits per heavy atom. The van der Waals surface area contributed by atoms with Crippen molar-refractivity contribution in [3.05, 3.63) is 42.1 Å². The van der Waals surface area contributed by atoms with Crippen LogP contribution in [0.3, 0.4) is 0 Å². The van der Waals surface area contributed by atoms with E-state index in [2.05, 4.69) is 15.3 Å². The predicted molar refractivity (Wildman–Crippen MR) is 116 cm³/mol. The van der Waals surface area contributed by atoms with Crippen LogP contribution in [-0.2, 0) is 20.8 Å². The van der Waals surface area contributed by atoms with Gasteiger partial charge in [-0.15, -0.1) is 0 Å². The van der Waals surface area contributed by atoms with E-state index in [1.54, 1.807) is 4.90 Å². The summed E-state index contributed by atoms with van der Waals surface area (Å²) >= 11 is 0. The molecule has 2 aromatic rings. The molecular formula is C21H23F4N5O3S. The van der Waals surface area contributed by atoms with Gasteiger partial charge in [-0.25, -0.2) is 22.8 Å². The lowest BCUT2D eigenvalue weighted by atomic mass is 10.0. The van der Waals surface area contributed by atoms with Crippen LogP contribution in [0, 0.1) is 5.82 Å². The number of anilines is 2. The van der Waals surface area contributed by atoms with Crippen molar-refractivity contribution in [3.8, 4) is 0 Å². The minimum absolute atomic E-state index is 0.0459. The van der Waals surface area contributed by atoms with E-state index in [9.17, 15) is 30.8 Å². The highest BCUT2D eigenvalue weighted by Crippen LogP contribution is 2.29. The molecule has 1 atom stereocenters. The van der Waals surface area contributed by atoms with Gasteiger partial charge in [0.1, 0.15) is 17.7 Å². The quantitative estimate of drug-likeness (QED) is 0.630. The number of aromatic nitrogens is 2. The summed E-state index contributed by atoms with van der Waals surface area (Å²) in [6.45, 7) is 1.51. The topological polar surface area (TPSA) is 95.5 Å². The van der Waals surface area contributed by atoms with Gasteiger partial charge in [0, 0.05) is 31.9 Å². The molecule has 13 heteroatoms. The second-order valence-corrected chi connectivity index (χ2v) is 10.4. The summed E-state index contributed by atoms with van der Waals surface area (Å²) in [5.41, 5.74) is -0.988. The number of piperidine rings is 1. The van der Waals surface area contributed by atoms with Crippen LogP contribution < -0.4 is 10.2 Å². The van der Waals surface area contributed by atoms with E-state index in [1.807, 2.05) is 4.90 Å². The molecule has 0 spiro atoms. The Morgan fingerprint density at radius 3 is 2.32 bits per heavy atom. The SMILES string of the molecule is CS(=O)(=O)c1ccc(N[C@H]2CCN(C3CCN(c4cnc(C(F)(F)F)cn4)CC3)C2=O)c(F)c1. The van der Waals surface area contributed by atoms with Crippen LogP contribution in [0.25, 0.3) is 0 Å². The monoisotopic (exact) mass is 501 g/mol. The maximum Gasteiger partial charge on any atom is 0.434 e. The van der Waals surface area contributed by atoms with Crippen molar-refractivity contribution in [3.63, 3.8) is 0 Å². The molecule has 2 saturated heterocycles. The van der Waals surface area contributed by atoms with Crippen LogP contribution >= 0.6 is 0 Å². The molecule has 0 aliphatic carbocycles. The molecule has 0 radical (unpaired) electrons. The largest absolute Gasteiger partial charge is 0.434 e. The zero-order valence-corrected chi connectivity index (χ0v) is 19.0. The van der Waals surface area contributed by atoms with Crippen molar-refractivity contribution in [1.82, 2.24) is 14.9 Å². The molecule has 0 bridgehead atoms. The van der Waals surface area contributed by atoms with Crippen molar-refractivity contribution in [2.75, 3.05) is 36.1 Å². The number of halogens is 4. The molecule has 34 heavy (non-hydrogen) atoms. The normalized spacial score (nSPS) is 20.1. The first-order chi connectivity index (χ1) is 15.9. The zero-order valence-electron chi connectivity index (χ0n) is 18.2. The standard InChI is InChI=1S/C21H23F4N5O3S/c1-34(32,33)14-2-3-16(15(22)10-14)28-17-6-9-30(20(17)31)13-4-7-29(8-5-13)19-12-26-18(11-27-19)21(23,24)25/h2-3,10-13,17,28H,4-9H2,1H3/t17-/m0/s1. The first-order valence-corrected chi connectivity index (χ1v) is 12.5. The number of amides is 1. The number of sulfone groups is 1. The maximum absolute atomic E-state index is 14.4. The maximum atomic E-state index is 14.4. The average molecular weight is 502 g/mol. The highest BCUT2D eigenvalue weighted by atomic mass is 32.2. The van der Waals surface area contributed by atoms with Crippen LogP contribution in [-0.4, -0.2) is 67.2 Å². The van der Waals surface area contributed by atoms with Gasteiger partial charge < -0.3 is 15.1 Å². The Bertz CT molecular complexity index is 1170. The number of hydrogen-bond donors (Lipinski definition) is 1. The summed E-state index contributed by atoms with van der Waals surface area (Å²) in [7, 11) is -3.54. The number of nitrogens with zero attached hydrogens (tertiary/aromatic N) is 4. The number of likely N-dealkylation sites (tertiary alicyclic amines) is 1. The fraction of sp³-hybridized carbons (Fsp3) is 0.476. The van der Waals surface area contributed by atoms with Crippen LogP contribution in [0.1, 0.15) is 25.0 Å². The molecule has 0 saturated carbocycles. The summed E-state index contributed by atoms with van der Waals surface area (Å²) in [6, 6.07) is 2.85. The molecule has 2 aliphatic heterocycles. The van der Waals surface area contributed by atoms with E-state index in [1.165, 1.54) is 12.1 Å². The van der Waals surface area contributed by atoms with E-state index in [0.717, 1.165) is 18.5 Å². The van der Waals surface area contributed by atoms with Crippen molar-refractivity contribution >= 4 is 27.2 Å². The minimum atomic E-state index is -4.54. The minimum Gasteiger partial charge on any atom is -0.371 e. The lowest BCUT2D eigenvalue weighted by molar-refractivity contribution is -0.141. The van der Waals surface area contributed by atoms with Crippen molar-refractivity contribution in [2.45, 2.75) is 42.4 Å². The van der Waals surface area contributed by atoms with Gasteiger partial charge in [-0.05, 0) is 37.5 Å². The zero-order chi connectivity index (χ0) is 24.7. The Kier molecular flexibility index (Phi) is 6.40. The van der Waals surface area contributed by atoms with Gasteiger partial charge in [0.25, 0.3) is 0 Å². The molecule has 3 heterocycles. The van der Waals surface area contributed by atoms with Gasteiger partial charge in [-0.1, -0.05) is 0 Å². The van der Waals surface area contributed by atoms with Crippen LogP contribution in [0.4, 0.5) is 29.1 Å². The molecular weight excluding hydrogens is 478 g/mol. The molecule has 184 valence electrons. The fourth-order valence-corrected chi connectivity index (χ4v) is 4.90. The van der Waals surface area contributed by atoms with E-state index in [0.29, 0.717) is 50.9 Å². The Balaban J connectivity index is 1.34. The third kappa shape index (κ3) is 5.08. The molecule has 1 aromatic carbocycles. The number of hydrogen-bond acceptors (Lipinski definition) is 7. The fourth-order valence-electron chi connectivity index (χ4n) is 4.27. The second kappa shape index (κ2) is 9.01. The number of carbonyl (C=O) groups excluding carboxylic acids is 1. The number of carbonyl (C=O) groups is 1. The van der Waals surface area contributed by atoms with Crippen LogP contribution in [0.15, 0.2) is 35.5 Å². The van der Waals surface area contributed by atoms with Gasteiger partial charge in [-0.3, -0.25) is 4.79 Å². The number of alkyl halides is 3. The molecule has 1 amide bonds. The molecule has 0 unspecified atom stereocenters. The predicted octanol–water partition coefficient (Wildman–Crippen LogP) is 2.72. The summed E-state index contributed by atoms with van der Waals surface area (Å²) in [6.07, 6.45) is -0.0502. The number of benzene rings is 1. The third-order valence-electron chi connectivity index (χ3n) is 6.10. The summed E-state index contributed by atoms with van der Waals surface area (Å²) in [4.78, 5) is 23.7. The van der Waals surface area contributed by atoms with E-state index < -0.39 is 33.6 Å². The number of rotatable bonds is 5. The first kappa shape index (κ1) is 24.2. The van der Waals surface area contributed by atoms with E-state index >= 15 is 0 Å². The molecule has 4 rings (SSSR count). The lowest BCUT2D eigenvalue weighted by Gasteiger charge is -2.37. The third-order valence-corrected chi connectivity index (χ3v) is 7.21. The molecule has 2 aliphatic rings. The van der Waals surface area contributed by atoms with Gasteiger partial charge in [-0.2, -0.15) is 13.2 Å². The number of nitrogens with one attached hydrogen (secondary N) is 1. The highest BCUT2D eigenvalue weighted by molar-refractivity contribution is 7.90. The van der Waals surface area contributed by atoms with Crippen molar-refractivity contribution < 1.29 is 30.8 Å². The smallest absolute Gasteiger partial charge is 0.371 e.